The highest BCUT2D eigenvalue weighted by molar-refractivity contribution is 7.80. The summed E-state index contributed by atoms with van der Waals surface area (Å²) in [4.78, 5) is 0. The summed E-state index contributed by atoms with van der Waals surface area (Å²) in [7, 11) is 0. The lowest BCUT2D eigenvalue weighted by molar-refractivity contribution is 0.525. The molecular weight excluding hydrogens is 272 g/mol. The van der Waals surface area contributed by atoms with Crippen molar-refractivity contribution < 1.29 is 0 Å². The molecule has 4 heteroatoms. The Morgan fingerprint density at radius 2 is 1.38 bits per heavy atom. The summed E-state index contributed by atoms with van der Waals surface area (Å²) in [5.41, 5.74) is 0. The molecular formula is C12H28S4. The van der Waals surface area contributed by atoms with Gasteiger partial charge in [0.2, 0.25) is 0 Å². The van der Waals surface area contributed by atoms with E-state index in [9.17, 15) is 0 Å². The summed E-state index contributed by atoms with van der Waals surface area (Å²) in [5, 5.41) is 0. The summed E-state index contributed by atoms with van der Waals surface area (Å²) < 4.78 is 0. The molecule has 0 fully saturated rings. The average Bonchev–Trinajstić information content (AvgIpc) is 2.32. The van der Waals surface area contributed by atoms with E-state index in [0.717, 1.165) is 28.9 Å². The van der Waals surface area contributed by atoms with Crippen LogP contribution in [0.15, 0.2) is 0 Å². The summed E-state index contributed by atoms with van der Waals surface area (Å²) in [6, 6.07) is 0. The van der Waals surface area contributed by atoms with E-state index in [1.807, 2.05) is 0 Å². The zero-order valence-electron chi connectivity index (χ0n) is 10.4. The Balaban J connectivity index is 0. The van der Waals surface area contributed by atoms with Crippen LogP contribution in [0, 0.1) is 5.92 Å². The zero-order chi connectivity index (χ0) is 12.6. The highest BCUT2D eigenvalue weighted by Gasteiger charge is 2.03. The third kappa shape index (κ3) is 17.8. The molecule has 0 aliphatic carbocycles. The van der Waals surface area contributed by atoms with Crippen molar-refractivity contribution in [2.24, 2.45) is 5.92 Å². The van der Waals surface area contributed by atoms with Crippen molar-refractivity contribution in [3.63, 3.8) is 0 Å². The first-order chi connectivity index (χ1) is 7.76. The van der Waals surface area contributed by atoms with Crippen LogP contribution < -0.4 is 0 Å². The molecule has 0 aromatic carbocycles. The van der Waals surface area contributed by atoms with E-state index in [2.05, 4.69) is 57.4 Å². The molecule has 0 saturated heterocycles. The quantitative estimate of drug-likeness (QED) is 0.345. The lowest BCUT2D eigenvalue weighted by Crippen LogP contribution is -2.03. The van der Waals surface area contributed by atoms with E-state index in [4.69, 9.17) is 0 Å². The second-order valence-corrected chi connectivity index (χ2v) is 5.56. The molecule has 0 aromatic rings. The van der Waals surface area contributed by atoms with Crippen LogP contribution in [-0.4, -0.2) is 23.0 Å². The molecule has 0 nitrogen and oxygen atoms in total. The molecule has 0 spiro atoms. The van der Waals surface area contributed by atoms with E-state index >= 15 is 0 Å². The second-order valence-electron chi connectivity index (χ2n) is 3.86. The Kier molecular flexibility index (Phi) is 23.1. The molecule has 100 valence electrons. The molecule has 0 aliphatic heterocycles. The second kappa shape index (κ2) is 18.8. The van der Waals surface area contributed by atoms with Gasteiger partial charge in [0.25, 0.3) is 0 Å². The van der Waals surface area contributed by atoms with Crippen molar-refractivity contribution in [2.45, 2.75) is 45.4 Å². The molecule has 0 N–H and O–H groups in total. The van der Waals surface area contributed by atoms with Crippen molar-refractivity contribution in [1.82, 2.24) is 0 Å². The minimum atomic E-state index is 0.757. The van der Waals surface area contributed by atoms with Gasteiger partial charge in [0, 0.05) is 0 Å². The SMILES string of the molecule is CCCCCS.SCCCC(CS)CCS. The Morgan fingerprint density at radius 3 is 1.69 bits per heavy atom. The van der Waals surface area contributed by atoms with Gasteiger partial charge in [0.15, 0.2) is 0 Å². The molecule has 0 rings (SSSR count). The molecule has 0 aromatic heterocycles. The Bertz CT molecular complexity index is 105. The van der Waals surface area contributed by atoms with Crippen molar-refractivity contribution in [2.75, 3.05) is 23.0 Å². The molecule has 1 atom stereocenters. The van der Waals surface area contributed by atoms with Crippen molar-refractivity contribution >= 4 is 50.5 Å². The van der Waals surface area contributed by atoms with Gasteiger partial charge >= 0.3 is 0 Å². The standard InChI is InChI=1S/C7H16S3.C5H12S/c8-4-1-2-7(6-10)3-5-9;1-2-3-4-5-6/h7-10H,1-6H2;6H,2-5H2,1H3. The predicted molar refractivity (Wildman–Crippen MR) is 92.3 cm³/mol. The maximum Gasteiger partial charge on any atom is -0.00692 e. The van der Waals surface area contributed by atoms with E-state index in [0.29, 0.717) is 0 Å². The van der Waals surface area contributed by atoms with Crippen LogP contribution in [0.25, 0.3) is 0 Å². The van der Waals surface area contributed by atoms with Crippen molar-refractivity contribution in [3.8, 4) is 0 Å². The molecule has 0 heterocycles. The minimum Gasteiger partial charge on any atom is -0.179 e. The first-order valence-electron chi connectivity index (χ1n) is 6.20. The van der Waals surface area contributed by atoms with Gasteiger partial charge in [0.1, 0.15) is 0 Å². The van der Waals surface area contributed by atoms with Crippen LogP contribution in [0.5, 0.6) is 0 Å². The van der Waals surface area contributed by atoms with Crippen LogP contribution in [0.4, 0.5) is 0 Å². The fourth-order valence-corrected chi connectivity index (χ4v) is 2.39. The third-order valence-corrected chi connectivity index (χ3v) is 3.73. The number of unbranched alkanes of at least 4 members (excludes halogenated alkanes) is 2. The summed E-state index contributed by atoms with van der Waals surface area (Å²) in [5.74, 6) is 4.78. The first-order valence-corrected chi connectivity index (χ1v) is 8.73. The monoisotopic (exact) mass is 300 g/mol. The van der Waals surface area contributed by atoms with Gasteiger partial charge in [0.05, 0.1) is 0 Å². The van der Waals surface area contributed by atoms with Gasteiger partial charge in [-0.3, -0.25) is 0 Å². The Labute approximate surface area is 124 Å². The highest BCUT2D eigenvalue weighted by Crippen LogP contribution is 2.13. The van der Waals surface area contributed by atoms with E-state index < -0.39 is 0 Å². The fourth-order valence-electron chi connectivity index (χ4n) is 1.25. The summed E-state index contributed by atoms with van der Waals surface area (Å²) >= 11 is 16.7. The Hall–Kier alpha value is 1.40. The van der Waals surface area contributed by atoms with E-state index in [1.54, 1.807) is 0 Å². The number of thiol groups is 4. The molecule has 16 heavy (non-hydrogen) atoms. The topological polar surface area (TPSA) is 0 Å². The third-order valence-electron chi connectivity index (χ3n) is 2.33. The maximum atomic E-state index is 4.26. The van der Waals surface area contributed by atoms with Gasteiger partial charge < -0.3 is 0 Å². The zero-order valence-corrected chi connectivity index (χ0v) is 14.0. The molecule has 0 bridgehead atoms. The lowest BCUT2D eigenvalue weighted by atomic mass is 10.0. The van der Waals surface area contributed by atoms with Gasteiger partial charge in [-0.25, -0.2) is 0 Å². The molecule has 0 amide bonds. The normalized spacial score (nSPS) is 11.8. The van der Waals surface area contributed by atoms with Crippen LogP contribution in [0.2, 0.25) is 0 Å². The van der Waals surface area contributed by atoms with Crippen LogP contribution in [0.1, 0.15) is 45.4 Å². The number of hydrogen-bond acceptors (Lipinski definition) is 4. The van der Waals surface area contributed by atoms with Crippen molar-refractivity contribution in [1.29, 1.82) is 0 Å². The van der Waals surface area contributed by atoms with E-state index in [1.165, 1.54) is 38.5 Å². The molecule has 0 aliphatic rings. The smallest absolute Gasteiger partial charge is 0.00692 e. The minimum absolute atomic E-state index is 0.757. The van der Waals surface area contributed by atoms with Gasteiger partial charge in [-0.1, -0.05) is 19.8 Å². The van der Waals surface area contributed by atoms with Crippen molar-refractivity contribution in [3.05, 3.63) is 0 Å². The first kappa shape index (κ1) is 19.7. The maximum absolute atomic E-state index is 4.26. The molecule has 0 saturated carbocycles. The predicted octanol–water partition coefficient (Wildman–Crippen LogP) is 4.67. The van der Waals surface area contributed by atoms with Gasteiger partial charge in [-0.05, 0) is 54.6 Å². The van der Waals surface area contributed by atoms with E-state index in [-0.39, 0.29) is 0 Å². The molecule has 1 unspecified atom stereocenters. The average molecular weight is 301 g/mol. The van der Waals surface area contributed by atoms with Gasteiger partial charge in [-0.2, -0.15) is 50.5 Å². The van der Waals surface area contributed by atoms with Gasteiger partial charge in [-0.15, -0.1) is 0 Å². The largest absolute Gasteiger partial charge is 0.179 e. The summed E-state index contributed by atoms with van der Waals surface area (Å²) in [6.45, 7) is 2.20. The van der Waals surface area contributed by atoms with Crippen LogP contribution >= 0.6 is 50.5 Å². The highest BCUT2D eigenvalue weighted by atomic mass is 32.1. The fraction of sp³-hybridized carbons (Fsp3) is 1.00. The Morgan fingerprint density at radius 1 is 0.750 bits per heavy atom. The molecule has 0 radical (unpaired) electrons. The number of hydrogen-bond donors (Lipinski definition) is 4. The summed E-state index contributed by atoms with van der Waals surface area (Å²) in [6.07, 6.45) is 7.58. The van der Waals surface area contributed by atoms with Crippen LogP contribution in [0.3, 0.4) is 0 Å². The van der Waals surface area contributed by atoms with Crippen LogP contribution in [-0.2, 0) is 0 Å². The lowest BCUT2D eigenvalue weighted by Gasteiger charge is -2.10. The number of rotatable bonds is 9.